The van der Waals surface area contributed by atoms with E-state index in [2.05, 4.69) is 0 Å². The van der Waals surface area contributed by atoms with Gasteiger partial charge in [-0.2, -0.15) is 0 Å². The molecule has 2 amide bonds. The first kappa shape index (κ1) is 15.5. The van der Waals surface area contributed by atoms with Crippen LogP contribution in [0.4, 0.5) is 0 Å². The highest BCUT2D eigenvalue weighted by Gasteiger charge is 2.21. The van der Waals surface area contributed by atoms with Crippen LogP contribution >= 0.6 is 0 Å². The van der Waals surface area contributed by atoms with Gasteiger partial charge in [0.25, 0.3) is 0 Å². The van der Waals surface area contributed by atoms with Crippen LogP contribution in [0.2, 0.25) is 0 Å². The first-order valence-corrected chi connectivity index (χ1v) is 6.88. The van der Waals surface area contributed by atoms with Crippen LogP contribution in [-0.4, -0.2) is 11.8 Å². The summed E-state index contributed by atoms with van der Waals surface area (Å²) < 4.78 is 0. The van der Waals surface area contributed by atoms with Crippen molar-refractivity contribution in [3.63, 3.8) is 0 Å². The Morgan fingerprint density at radius 1 is 0.727 bits per heavy atom. The van der Waals surface area contributed by atoms with Gasteiger partial charge < -0.3 is 11.5 Å². The summed E-state index contributed by atoms with van der Waals surface area (Å²) in [6.07, 6.45) is 0. The molecule has 0 aliphatic rings. The van der Waals surface area contributed by atoms with Crippen molar-refractivity contribution in [1.29, 1.82) is 0 Å². The lowest BCUT2D eigenvalue weighted by Gasteiger charge is -2.12. The molecule has 2 rings (SSSR count). The zero-order valence-corrected chi connectivity index (χ0v) is 12.6. The summed E-state index contributed by atoms with van der Waals surface area (Å²) in [6, 6.07) is 14.5. The maximum absolute atomic E-state index is 12.0. The van der Waals surface area contributed by atoms with Gasteiger partial charge in [0, 0.05) is 0 Å². The predicted octanol–water partition coefficient (Wildman–Crippen LogP) is 2.18. The second kappa shape index (κ2) is 6.26. The highest BCUT2D eigenvalue weighted by Crippen LogP contribution is 2.27. The summed E-state index contributed by atoms with van der Waals surface area (Å²) in [5, 5.41) is 0. The second-order valence-electron chi connectivity index (χ2n) is 5.22. The van der Waals surface area contributed by atoms with E-state index in [9.17, 15) is 9.59 Å². The lowest BCUT2D eigenvalue weighted by molar-refractivity contribution is -0.114. The minimum Gasteiger partial charge on any atom is -0.366 e. The van der Waals surface area contributed by atoms with Gasteiger partial charge in [0.05, 0.1) is 11.1 Å². The number of carbonyl (C=O) groups excluding carboxylic acids is 2. The molecular weight excluding hydrogens is 276 g/mol. The molecule has 4 nitrogen and oxygen atoms in total. The van der Waals surface area contributed by atoms with Crippen LogP contribution in [0, 0.1) is 13.8 Å². The Labute approximate surface area is 129 Å². The van der Waals surface area contributed by atoms with E-state index in [4.69, 9.17) is 11.5 Å². The SMILES string of the molecule is Cc1cccc(/C(C(N)=O)=C(\C(N)=O)c2cccc(C)c2)c1. The molecule has 0 fully saturated rings. The van der Waals surface area contributed by atoms with Crippen molar-refractivity contribution in [2.45, 2.75) is 13.8 Å². The van der Waals surface area contributed by atoms with Crippen LogP contribution in [0.3, 0.4) is 0 Å². The molecule has 0 radical (unpaired) electrons. The molecule has 0 aliphatic heterocycles. The fourth-order valence-electron chi connectivity index (χ4n) is 2.42. The number of hydrogen-bond acceptors (Lipinski definition) is 2. The smallest absolute Gasteiger partial charge is 0.250 e. The number of nitrogens with two attached hydrogens (primary N) is 2. The van der Waals surface area contributed by atoms with Crippen molar-refractivity contribution in [3.8, 4) is 0 Å². The van der Waals surface area contributed by atoms with Gasteiger partial charge in [0.2, 0.25) is 11.8 Å². The summed E-state index contributed by atoms with van der Waals surface area (Å²) >= 11 is 0. The van der Waals surface area contributed by atoms with E-state index in [0.717, 1.165) is 11.1 Å². The molecule has 112 valence electrons. The van der Waals surface area contributed by atoms with E-state index in [-0.39, 0.29) is 11.1 Å². The summed E-state index contributed by atoms with van der Waals surface area (Å²) in [6.45, 7) is 3.80. The standard InChI is InChI=1S/C18H18N2O2/c1-11-5-3-7-13(9-11)15(17(19)21)16(18(20)22)14-8-4-6-12(2)10-14/h3-10H,1-2H3,(H2,19,21)(H2,20,22)/b16-15+. The van der Waals surface area contributed by atoms with Crippen molar-refractivity contribution >= 4 is 23.0 Å². The number of benzene rings is 2. The molecule has 4 heteroatoms. The van der Waals surface area contributed by atoms with Crippen molar-refractivity contribution in [3.05, 3.63) is 70.8 Å². The van der Waals surface area contributed by atoms with Crippen LogP contribution in [0.25, 0.3) is 11.1 Å². The summed E-state index contributed by atoms with van der Waals surface area (Å²) in [4.78, 5) is 23.9. The average molecular weight is 294 g/mol. The number of rotatable bonds is 4. The zero-order valence-electron chi connectivity index (χ0n) is 12.6. The first-order valence-electron chi connectivity index (χ1n) is 6.88. The third-order valence-electron chi connectivity index (χ3n) is 3.36. The Balaban J connectivity index is 2.79. The number of aryl methyl sites for hydroxylation is 2. The van der Waals surface area contributed by atoms with Crippen molar-refractivity contribution in [2.24, 2.45) is 11.5 Å². The summed E-state index contributed by atoms with van der Waals surface area (Å²) in [7, 11) is 0. The molecule has 0 spiro atoms. The van der Waals surface area contributed by atoms with Crippen LogP contribution in [0.15, 0.2) is 48.5 Å². The Morgan fingerprint density at radius 2 is 1.09 bits per heavy atom. The molecule has 0 aliphatic carbocycles. The average Bonchev–Trinajstić information content (AvgIpc) is 2.43. The number of amides is 2. The van der Waals surface area contributed by atoms with Crippen molar-refractivity contribution in [2.75, 3.05) is 0 Å². The normalized spacial score (nSPS) is 11.7. The van der Waals surface area contributed by atoms with Gasteiger partial charge in [-0.15, -0.1) is 0 Å². The molecule has 0 saturated heterocycles. The van der Waals surface area contributed by atoms with Gasteiger partial charge in [-0.05, 0) is 25.0 Å². The third-order valence-corrected chi connectivity index (χ3v) is 3.36. The quantitative estimate of drug-likeness (QED) is 0.669. The molecule has 0 bridgehead atoms. The van der Waals surface area contributed by atoms with E-state index >= 15 is 0 Å². The number of primary amides is 2. The minimum atomic E-state index is -0.680. The van der Waals surface area contributed by atoms with Crippen molar-refractivity contribution < 1.29 is 9.59 Å². The molecule has 0 atom stereocenters. The van der Waals surface area contributed by atoms with E-state index in [1.54, 1.807) is 24.3 Å². The summed E-state index contributed by atoms with van der Waals surface area (Å²) in [5.74, 6) is -1.36. The van der Waals surface area contributed by atoms with E-state index < -0.39 is 11.8 Å². The lowest BCUT2D eigenvalue weighted by Crippen LogP contribution is -2.21. The molecule has 2 aromatic carbocycles. The van der Waals surface area contributed by atoms with Gasteiger partial charge in [0.15, 0.2) is 0 Å². The maximum Gasteiger partial charge on any atom is 0.250 e. The Morgan fingerprint density at radius 3 is 1.36 bits per heavy atom. The molecule has 0 saturated carbocycles. The third kappa shape index (κ3) is 3.23. The topological polar surface area (TPSA) is 86.2 Å². The molecule has 22 heavy (non-hydrogen) atoms. The van der Waals surface area contributed by atoms with E-state index in [1.165, 1.54) is 0 Å². The number of carbonyl (C=O) groups is 2. The Kier molecular flexibility index (Phi) is 4.41. The van der Waals surface area contributed by atoms with Crippen LogP contribution in [0.1, 0.15) is 22.3 Å². The highest BCUT2D eigenvalue weighted by atomic mass is 16.2. The van der Waals surface area contributed by atoms with Crippen LogP contribution < -0.4 is 11.5 Å². The largest absolute Gasteiger partial charge is 0.366 e. The van der Waals surface area contributed by atoms with Crippen molar-refractivity contribution in [1.82, 2.24) is 0 Å². The summed E-state index contributed by atoms with van der Waals surface area (Å²) in [5.41, 5.74) is 14.4. The van der Waals surface area contributed by atoms with Crippen LogP contribution in [-0.2, 0) is 9.59 Å². The predicted molar refractivity (Wildman–Crippen MR) is 87.6 cm³/mol. The van der Waals surface area contributed by atoms with E-state index in [1.807, 2.05) is 38.1 Å². The molecule has 0 heterocycles. The highest BCUT2D eigenvalue weighted by molar-refractivity contribution is 6.39. The Bertz CT molecular complexity index is 711. The lowest BCUT2D eigenvalue weighted by atomic mass is 9.92. The maximum atomic E-state index is 12.0. The zero-order chi connectivity index (χ0) is 16.3. The second-order valence-corrected chi connectivity index (χ2v) is 5.22. The molecule has 0 unspecified atom stereocenters. The van der Waals surface area contributed by atoms with Gasteiger partial charge >= 0.3 is 0 Å². The van der Waals surface area contributed by atoms with Gasteiger partial charge in [-0.1, -0.05) is 59.7 Å². The Hall–Kier alpha value is -2.88. The van der Waals surface area contributed by atoms with Gasteiger partial charge in [-0.25, -0.2) is 0 Å². The molecule has 0 aromatic heterocycles. The van der Waals surface area contributed by atoms with Crippen LogP contribution in [0.5, 0.6) is 0 Å². The molecule has 4 N–H and O–H groups in total. The monoisotopic (exact) mass is 294 g/mol. The fourth-order valence-corrected chi connectivity index (χ4v) is 2.42. The fraction of sp³-hybridized carbons (Fsp3) is 0.111. The molecule has 2 aromatic rings. The van der Waals surface area contributed by atoms with Gasteiger partial charge in [0.1, 0.15) is 0 Å². The van der Waals surface area contributed by atoms with E-state index in [0.29, 0.717) is 11.1 Å². The van der Waals surface area contributed by atoms with Gasteiger partial charge in [-0.3, -0.25) is 9.59 Å². The number of hydrogen-bond donors (Lipinski definition) is 2. The first-order chi connectivity index (χ1) is 10.4. The molecular formula is C18H18N2O2. The minimum absolute atomic E-state index is 0.141.